The molecule has 8 heteroatoms. The summed E-state index contributed by atoms with van der Waals surface area (Å²) < 4.78 is 0. The van der Waals surface area contributed by atoms with E-state index in [1.807, 2.05) is 0 Å². The van der Waals surface area contributed by atoms with Gasteiger partial charge in [0.1, 0.15) is 5.10 Å². The maximum absolute atomic E-state index is 10.4. The van der Waals surface area contributed by atoms with E-state index in [0.29, 0.717) is 5.01 Å². The Kier molecular flexibility index (Phi) is 3.90. The molecule has 0 amide bonds. The standard InChI is InChI=1S/C8H9N5O3/c9-8(10-13(15)16)12(11-14)6-7-4-2-1-3-5-7/h1-5H,6H2,(H2,9,10). The average Bonchev–Trinajstić information content (AvgIpc) is 2.26. The first-order chi connectivity index (χ1) is 7.63. The number of hydrogen-bond acceptors (Lipinski definition) is 4. The summed E-state index contributed by atoms with van der Waals surface area (Å²) in [4.78, 5) is 20.5. The second kappa shape index (κ2) is 5.39. The summed E-state index contributed by atoms with van der Waals surface area (Å²) in [5.41, 5.74) is 5.96. The van der Waals surface area contributed by atoms with Crippen molar-refractivity contribution < 1.29 is 5.03 Å². The van der Waals surface area contributed by atoms with Crippen LogP contribution in [0.3, 0.4) is 0 Å². The van der Waals surface area contributed by atoms with Crippen LogP contribution in [0.1, 0.15) is 5.56 Å². The van der Waals surface area contributed by atoms with Gasteiger partial charge < -0.3 is 5.73 Å². The molecule has 1 aromatic rings. The monoisotopic (exact) mass is 223 g/mol. The fraction of sp³-hybridized carbons (Fsp3) is 0.125. The van der Waals surface area contributed by atoms with Gasteiger partial charge in [0.25, 0.3) is 5.96 Å². The van der Waals surface area contributed by atoms with E-state index in [0.717, 1.165) is 5.56 Å². The highest BCUT2D eigenvalue weighted by Crippen LogP contribution is 2.04. The van der Waals surface area contributed by atoms with Gasteiger partial charge in [-0.05, 0) is 5.56 Å². The quantitative estimate of drug-likeness (QED) is 0.265. The number of nitroso groups, excluding NO2 is 1. The van der Waals surface area contributed by atoms with Gasteiger partial charge in [0.2, 0.25) is 0 Å². The predicted octanol–water partition coefficient (Wildman–Crippen LogP) is 0.676. The minimum absolute atomic E-state index is 0.0352. The Morgan fingerprint density at radius 1 is 1.44 bits per heavy atom. The molecule has 0 aromatic heterocycles. The molecule has 0 saturated carbocycles. The number of hydrazone groups is 1. The van der Waals surface area contributed by atoms with Crippen molar-refractivity contribution in [1.29, 1.82) is 0 Å². The lowest BCUT2D eigenvalue weighted by atomic mass is 10.2. The van der Waals surface area contributed by atoms with Crippen LogP contribution in [0.5, 0.6) is 0 Å². The largest absolute Gasteiger partial charge is 0.363 e. The number of nitrogens with two attached hydrogens (primary N) is 1. The van der Waals surface area contributed by atoms with Gasteiger partial charge in [-0.25, -0.2) is 10.1 Å². The van der Waals surface area contributed by atoms with E-state index in [-0.39, 0.29) is 6.54 Å². The number of nitro groups is 1. The number of hydrogen-bond donors (Lipinski definition) is 1. The zero-order valence-corrected chi connectivity index (χ0v) is 8.18. The molecule has 0 atom stereocenters. The molecule has 2 N–H and O–H groups in total. The van der Waals surface area contributed by atoms with Crippen LogP contribution < -0.4 is 5.73 Å². The molecule has 0 aliphatic carbocycles. The summed E-state index contributed by atoms with van der Waals surface area (Å²) in [7, 11) is 0. The van der Waals surface area contributed by atoms with Gasteiger partial charge in [0.15, 0.2) is 5.03 Å². The first-order valence-corrected chi connectivity index (χ1v) is 4.26. The average molecular weight is 223 g/mol. The topological polar surface area (TPSA) is 114 Å². The summed E-state index contributed by atoms with van der Waals surface area (Å²) in [5, 5.41) is 15.1. The highest BCUT2D eigenvalue weighted by atomic mass is 16.7. The van der Waals surface area contributed by atoms with E-state index in [9.17, 15) is 15.0 Å². The van der Waals surface area contributed by atoms with Gasteiger partial charge >= 0.3 is 0 Å². The molecule has 0 radical (unpaired) electrons. The molecule has 0 bridgehead atoms. The van der Waals surface area contributed by atoms with E-state index in [1.165, 1.54) is 0 Å². The third-order valence-corrected chi connectivity index (χ3v) is 1.72. The molecule has 0 fully saturated rings. The second-order valence-corrected chi connectivity index (χ2v) is 2.82. The normalized spacial score (nSPS) is 10.9. The first kappa shape index (κ1) is 11.6. The van der Waals surface area contributed by atoms with Crippen LogP contribution in [0, 0.1) is 15.0 Å². The molecule has 0 aliphatic heterocycles. The Hall–Kier alpha value is -2.51. The number of benzene rings is 1. The fourth-order valence-electron chi connectivity index (χ4n) is 1.04. The Morgan fingerprint density at radius 2 is 2.06 bits per heavy atom. The van der Waals surface area contributed by atoms with Crippen LogP contribution in [-0.2, 0) is 6.54 Å². The van der Waals surface area contributed by atoms with Crippen LogP contribution in [0.25, 0.3) is 0 Å². The molecule has 0 aliphatic rings. The lowest BCUT2D eigenvalue weighted by Gasteiger charge is -2.11. The van der Waals surface area contributed by atoms with E-state index in [1.54, 1.807) is 30.3 Å². The summed E-state index contributed by atoms with van der Waals surface area (Å²) in [6.45, 7) is 0.0352. The van der Waals surface area contributed by atoms with Crippen LogP contribution in [-0.4, -0.2) is 16.0 Å². The van der Waals surface area contributed by atoms with Crippen molar-refractivity contribution >= 4 is 5.96 Å². The van der Waals surface area contributed by atoms with Crippen LogP contribution in [0.15, 0.2) is 40.7 Å². The van der Waals surface area contributed by atoms with E-state index >= 15 is 0 Å². The summed E-state index contributed by atoms with van der Waals surface area (Å²) in [5.74, 6) is -0.552. The van der Waals surface area contributed by atoms with E-state index in [4.69, 9.17) is 5.73 Å². The lowest BCUT2D eigenvalue weighted by Crippen LogP contribution is -2.33. The van der Waals surface area contributed by atoms with Crippen LogP contribution in [0.4, 0.5) is 0 Å². The molecule has 0 spiro atoms. The molecule has 1 rings (SSSR count). The molecular weight excluding hydrogens is 214 g/mol. The van der Waals surface area contributed by atoms with Crippen molar-refractivity contribution in [2.24, 2.45) is 16.1 Å². The van der Waals surface area contributed by atoms with Crippen molar-refractivity contribution in [3.63, 3.8) is 0 Å². The minimum atomic E-state index is -0.988. The molecule has 16 heavy (non-hydrogen) atoms. The summed E-state index contributed by atoms with van der Waals surface area (Å²) in [6, 6.07) is 8.80. The van der Waals surface area contributed by atoms with Crippen molar-refractivity contribution in [3.05, 3.63) is 50.9 Å². The van der Waals surface area contributed by atoms with Crippen molar-refractivity contribution in [2.45, 2.75) is 6.54 Å². The molecule has 0 unspecified atom stereocenters. The predicted molar refractivity (Wildman–Crippen MR) is 56.4 cm³/mol. The van der Waals surface area contributed by atoms with Gasteiger partial charge in [-0.1, -0.05) is 30.3 Å². The highest BCUT2D eigenvalue weighted by molar-refractivity contribution is 5.76. The Morgan fingerprint density at radius 3 is 2.56 bits per heavy atom. The lowest BCUT2D eigenvalue weighted by molar-refractivity contribution is -0.485. The van der Waals surface area contributed by atoms with Crippen LogP contribution >= 0.6 is 0 Å². The third kappa shape index (κ3) is 3.33. The fourth-order valence-corrected chi connectivity index (χ4v) is 1.04. The van der Waals surface area contributed by atoms with Crippen LogP contribution in [0.2, 0.25) is 0 Å². The zero-order chi connectivity index (χ0) is 12.0. The zero-order valence-electron chi connectivity index (χ0n) is 8.18. The SMILES string of the molecule is NC(=N[N+](=O)[O-])N(Cc1ccccc1)N=O. The molecular formula is C8H9N5O3. The maximum atomic E-state index is 10.4. The number of rotatable bonds is 4. The molecule has 8 nitrogen and oxygen atoms in total. The van der Waals surface area contributed by atoms with Gasteiger partial charge in [0.05, 0.1) is 11.8 Å². The smallest absolute Gasteiger partial charge is 0.292 e. The van der Waals surface area contributed by atoms with Gasteiger partial charge in [-0.2, -0.15) is 5.01 Å². The van der Waals surface area contributed by atoms with E-state index < -0.39 is 11.0 Å². The Labute approximate surface area is 90.4 Å². The van der Waals surface area contributed by atoms with E-state index in [2.05, 4.69) is 10.4 Å². The summed E-state index contributed by atoms with van der Waals surface area (Å²) >= 11 is 0. The van der Waals surface area contributed by atoms with Crippen molar-refractivity contribution in [2.75, 3.05) is 0 Å². The highest BCUT2D eigenvalue weighted by Gasteiger charge is 2.12. The first-order valence-electron chi connectivity index (χ1n) is 4.26. The van der Waals surface area contributed by atoms with Crippen molar-refractivity contribution in [1.82, 2.24) is 5.01 Å². The minimum Gasteiger partial charge on any atom is -0.363 e. The molecule has 1 aromatic carbocycles. The molecule has 84 valence electrons. The summed E-state index contributed by atoms with van der Waals surface area (Å²) in [6.07, 6.45) is 0. The second-order valence-electron chi connectivity index (χ2n) is 2.82. The van der Waals surface area contributed by atoms with Gasteiger partial charge in [-0.15, -0.1) is 4.91 Å². The van der Waals surface area contributed by atoms with Gasteiger partial charge in [-0.3, -0.25) is 0 Å². The third-order valence-electron chi connectivity index (χ3n) is 1.72. The maximum Gasteiger partial charge on any atom is 0.292 e. The Balaban J connectivity index is 2.77. The van der Waals surface area contributed by atoms with Gasteiger partial charge in [0, 0.05) is 0 Å². The Bertz CT molecular complexity index is 405. The van der Waals surface area contributed by atoms with Crippen molar-refractivity contribution in [3.8, 4) is 0 Å². The number of guanidine groups is 1. The number of nitrogens with zero attached hydrogens (tertiary/aromatic N) is 4. The molecule has 0 heterocycles. The molecule has 0 saturated heterocycles.